The first-order valence-electron chi connectivity index (χ1n) is 12.2. The minimum atomic E-state index is -1.12. The van der Waals surface area contributed by atoms with Crippen LogP contribution in [0.4, 0.5) is 4.79 Å². The highest BCUT2D eigenvalue weighted by atomic mass is 16.6. The third kappa shape index (κ3) is 4.62. The predicted molar refractivity (Wildman–Crippen MR) is 128 cm³/mol. The van der Waals surface area contributed by atoms with Gasteiger partial charge < -0.3 is 24.8 Å². The average molecular weight is 479 g/mol. The smallest absolute Gasteiger partial charge is 0.408 e. The van der Waals surface area contributed by atoms with E-state index in [1.165, 1.54) is 0 Å². The number of benzene rings is 2. The highest BCUT2D eigenvalue weighted by Gasteiger charge is 2.49. The monoisotopic (exact) mass is 478 g/mol. The van der Waals surface area contributed by atoms with Crippen LogP contribution in [0.1, 0.15) is 42.7 Å². The topological polar surface area (TPSA) is 105 Å². The number of ether oxygens (including phenoxy) is 2. The normalized spacial score (nSPS) is 21.2. The molecule has 1 atom stereocenters. The number of rotatable bonds is 8. The maximum Gasteiger partial charge on any atom is 0.408 e. The van der Waals surface area contributed by atoms with Gasteiger partial charge in [0.25, 0.3) is 5.91 Å². The Kier molecular flexibility index (Phi) is 6.47. The third-order valence-corrected chi connectivity index (χ3v) is 7.36. The van der Waals surface area contributed by atoms with Gasteiger partial charge in [0.15, 0.2) is 0 Å². The molecule has 2 N–H and O–H groups in total. The largest absolute Gasteiger partial charge is 0.481 e. The van der Waals surface area contributed by atoms with Gasteiger partial charge in [-0.05, 0) is 41.0 Å². The number of amides is 2. The van der Waals surface area contributed by atoms with Crippen molar-refractivity contribution in [2.45, 2.75) is 37.1 Å². The summed E-state index contributed by atoms with van der Waals surface area (Å²) in [5, 5.41) is 11.6. The van der Waals surface area contributed by atoms with Gasteiger partial charge in [-0.15, -0.1) is 0 Å². The third-order valence-electron chi connectivity index (χ3n) is 7.36. The number of likely N-dealkylation sites (tertiary alicyclic amines) is 1. The Balaban J connectivity index is 1.19. The van der Waals surface area contributed by atoms with Crippen molar-refractivity contribution in [2.75, 3.05) is 32.9 Å². The van der Waals surface area contributed by atoms with Crippen LogP contribution in [-0.2, 0) is 19.1 Å². The number of carbonyl (C=O) groups is 3. The van der Waals surface area contributed by atoms with Crippen LogP contribution >= 0.6 is 0 Å². The molecule has 2 aromatic carbocycles. The molecule has 1 unspecified atom stereocenters. The molecule has 5 rings (SSSR count). The van der Waals surface area contributed by atoms with E-state index < -0.39 is 17.6 Å². The zero-order valence-electron chi connectivity index (χ0n) is 19.6. The summed E-state index contributed by atoms with van der Waals surface area (Å²) in [6, 6.07) is 16.3. The zero-order valence-corrected chi connectivity index (χ0v) is 19.6. The Morgan fingerprint density at radius 1 is 1.06 bits per heavy atom. The SMILES string of the molecule is O=C(O)CCCC1CN(C(=O)C2(NC(=O)OCC3c4ccccc4-c4ccccc43)CCOC2)C1. The van der Waals surface area contributed by atoms with E-state index in [4.69, 9.17) is 14.6 Å². The number of hydrogen-bond donors (Lipinski definition) is 2. The summed E-state index contributed by atoms with van der Waals surface area (Å²) in [6.45, 7) is 1.85. The first-order valence-corrected chi connectivity index (χ1v) is 12.2. The zero-order chi connectivity index (χ0) is 24.4. The number of carboxylic acids is 1. The summed E-state index contributed by atoms with van der Waals surface area (Å²) in [4.78, 5) is 38.6. The lowest BCUT2D eigenvalue weighted by atomic mass is 9.89. The van der Waals surface area contributed by atoms with Gasteiger partial charge in [-0.1, -0.05) is 48.5 Å². The predicted octanol–water partition coefficient (Wildman–Crippen LogP) is 3.40. The van der Waals surface area contributed by atoms with Crippen molar-refractivity contribution in [3.63, 3.8) is 0 Å². The van der Waals surface area contributed by atoms with Crippen molar-refractivity contribution < 1.29 is 29.0 Å². The van der Waals surface area contributed by atoms with Gasteiger partial charge in [0.2, 0.25) is 0 Å². The molecule has 2 amide bonds. The van der Waals surface area contributed by atoms with E-state index in [-0.39, 0.29) is 31.5 Å². The second kappa shape index (κ2) is 9.70. The molecule has 184 valence electrons. The molecule has 2 aromatic rings. The quantitative estimate of drug-likeness (QED) is 0.603. The lowest BCUT2D eigenvalue weighted by Gasteiger charge is -2.43. The molecule has 0 bridgehead atoms. The van der Waals surface area contributed by atoms with Crippen molar-refractivity contribution in [1.82, 2.24) is 10.2 Å². The highest BCUT2D eigenvalue weighted by molar-refractivity contribution is 5.91. The number of alkyl carbamates (subject to hydrolysis) is 1. The molecule has 2 fully saturated rings. The molecule has 0 saturated carbocycles. The van der Waals surface area contributed by atoms with Crippen LogP contribution in [-0.4, -0.2) is 66.4 Å². The standard InChI is InChI=1S/C27H30N2O6/c30-24(31)11-5-6-18-14-29(15-18)25(32)27(12-13-34-17-27)28-26(33)35-16-23-21-9-3-1-7-19(21)20-8-2-4-10-22(20)23/h1-4,7-10,18,23H,5-6,11-17H2,(H,28,33)(H,30,31). The second-order valence-corrected chi connectivity index (χ2v) is 9.70. The second-order valence-electron chi connectivity index (χ2n) is 9.70. The van der Waals surface area contributed by atoms with Gasteiger partial charge in [0.1, 0.15) is 12.1 Å². The molecule has 0 radical (unpaired) electrons. The molecule has 8 nitrogen and oxygen atoms in total. The number of fused-ring (bicyclic) bond motifs is 3. The fourth-order valence-corrected chi connectivity index (χ4v) is 5.48. The molecule has 2 aliphatic heterocycles. The first-order chi connectivity index (χ1) is 17.0. The average Bonchev–Trinajstić information content (AvgIpc) is 3.42. The summed E-state index contributed by atoms with van der Waals surface area (Å²) in [5.41, 5.74) is 3.46. The lowest BCUT2D eigenvalue weighted by molar-refractivity contribution is -0.145. The Morgan fingerprint density at radius 3 is 2.31 bits per heavy atom. The van der Waals surface area contributed by atoms with Gasteiger partial charge in [0, 0.05) is 38.5 Å². The van der Waals surface area contributed by atoms with Crippen molar-refractivity contribution in [3.05, 3.63) is 59.7 Å². The molecule has 35 heavy (non-hydrogen) atoms. The van der Waals surface area contributed by atoms with Crippen molar-refractivity contribution in [2.24, 2.45) is 5.92 Å². The minimum Gasteiger partial charge on any atom is -0.481 e. The molecule has 0 aromatic heterocycles. The van der Waals surface area contributed by atoms with Gasteiger partial charge in [-0.3, -0.25) is 9.59 Å². The van der Waals surface area contributed by atoms with E-state index in [0.29, 0.717) is 38.5 Å². The van der Waals surface area contributed by atoms with E-state index in [1.54, 1.807) is 4.90 Å². The number of nitrogens with zero attached hydrogens (tertiary/aromatic N) is 1. The molecule has 8 heteroatoms. The first kappa shape index (κ1) is 23.4. The van der Waals surface area contributed by atoms with Crippen LogP contribution in [0.15, 0.2) is 48.5 Å². The number of carboxylic acid groups (broad SMARTS) is 1. The van der Waals surface area contributed by atoms with Gasteiger partial charge in [0.05, 0.1) is 6.61 Å². The Hall–Kier alpha value is -3.39. The van der Waals surface area contributed by atoms with Crippen LogP contribution in [0, 0.1) is 5.92 Å². The number of aliphatic carboxylic acids is 1. The summed E-state index contributed by atoms with van der Waals surface area (Å²) in [5.74, 6) is -0.710. The maximum atomic E-state index is 13.3. The molecular formula is C27H30N2O6. The van der Waals surface area contributed by atoms with E-state index in [9.17, 15) is 14.4 Å². The van der Waals surface area contributed by atoms with E-state index in [0.717, 1.165) is 28.7 Å². The molecule has 2 heterocycles. The fraction of sp³-hybridized carbons (Fsp3) is 0.444. The van der Waals surface area contributed by atoms with E-state index >= 15 is 0 Å². The molecule has 1 aliphatic carbocycles. The molecule has 3 aliphatic rings. The minimum absolute atomic E-state index is 0.0541. The van der Waals surface area contributed by atoms with Crippen LogP contribution in [0.2, 0.25) is 0 Å². The fourth-order valence-electron chi connectivity index (χ4n) is 5.48. The summed E-state index contributed by atoms with van der Waals surface area (Å²) < 4.78 is 11.2. The molecule has 0 spiro atoms. The number of nitrogens with one attached hydrogen (secondary N) is 1. The summed E-state index contributed by atoms with van der Waals surface area (Å²) in [6.07, 6.45) is 1.30. The van der Waals surface area contributed by atoms with Crippen molar-refractivity contribution in [3.8, 4) is 11.1 Å². The van der Waals surface area contributed by atoms with Gasteiger partial charge in [-0.2, -0.15) is 0 Å². The van der Waals surface area contributed by atoms with Crippen LogP contribution in [0.5, 0.6) is 0 Å². The van der Waals surface area contributed by atoms with Gasteiger partial charge >= 0.3 is 12.1 Å². The van der Waals surface area contributed by atoms with E-state index in [2.05, 4.69) is 29.6 Å². The molecule has 2 saturated heterocycles. The van der Waals surface area contributed by atoms with Crippen molar-refractivity contribution in [1.29, 1.82) is 0 Å². The number of carbonyl (C=O) groups excluding carboxylic acids is 2. The summed E-state index contributed by atoms with van der Waals surface area (Å²) >= 11 is 0. The lowest BCUT2D eigenvalue weighted by Crippen LogP contribution is -2.64. The highest BCUT2D eigenvalue weighted by Crippen LogP contribution is 2.44. The van der Waals surface area contributed by atoms with Gasteiger partial charge in [-0.25, -0.2) is 4.79 Å². The van der Waals surface area contributed by atoms with Crippen molar-refractivity contribution >= 4 is 18.0 Å². The van der Waals surface area contributed by atoms with Crippen LogP contribution < -0.4 is 5.32 Å². The van der Waals surface area contributed by atoms with E-state index in [1.807, 2.05) is 24.3 Å². The number of hydrogen-bond acceptors (Lipinski definition) is 5. The Morgan fingerprint density at radius 2 is 1.71 bits per heavy atom. The summed E-state index contributed by atoms with van der Waals surface area (Å²) in [7, 11) is 0. The molecular weight excluding hydrogens is 448 g/mol. The Bertz CT molecular complexity index is 1070. The van der Waals surface area contributed by atoms with Crippen LogP contribution in [0.25, 0.3) is 11.1 Å². The Labute approximate surface area is 204 Å². The maximum absolute atomic E-state index is 13.3. The van der Waals surface area contributed by atoms with Crippen LogP contribution in [0.3, 0.4) is 0 Å².